The number of fused-ring (bicyclic) bond motifs is 5. The summed E-state index contributed by atoms with van der Waals surface area (Å²) < 4.78 is 6.90. The molecule has 0 aromatic carbocycles. The molecule has 0 amide bonds. The molecule has 27 heavy (non-hydrogen) atoms. The zero-order chi connectivity index (χ0) is 19.7. The van der Waals surface area contributed by atoms with Crippen LogP contribution in [0, 0.1) is 34.5 Å². The fraction of sp³-hybridized carbons (Fsp3) is 1.00. The van der Waals surface area contributed by atoms with Gasteiger partial charge in [-0.15, -0.1) is 0 Å². The summed E-state index contributed by atoms with van der Waals surface area (Å²) in [7, 11) is -1.64. The van der Waals surface area contributed by atoms with Gasteiger partial charge in [0.25, 0.3) is 0 Å². The summed E-state index contributed by atoms with van der Waals surface area (Å²) in [4.78, 5) is 0. The Morgan fingerprint density at radius 3 is 2.30 bits per heavy atom. The number of hydrogen-bond donors (Lipinski definition) is 0. The predicted molar refractivity (Wildman–Crippen MR) is 118 cm³/mol. The fourth-order valence-electron chi connectivity index (χ4n) is 7.91. The minimum absolute atomic E-state index is 0.335. The highest BCUT2D eigenvalue weighted by Gasteiger charge is 2.58. The molecule has 0 saturated heterocycles. The van der Waals surface area contributed by atoms with E-state index in [1.807, 2.05) is 0 Å². The molecule has 4 aliphatic carbocycles. The van der Waals surface area contributed by atoms with Gasteiger partial charge in [0.15, 0.2) is 8.32 Å². The van der Waals surface area contributed by atoms with Crippen molar-refractivity contribution in [3.05, 3.63) is 0 Å². The number of hydrogen-bond acceptors (Lipinski definition) is 1. The van der Waals surface area contributed by atoms with Crippen molar-refractivity contribution in [2.45, 2.75) is 123 Å². The van der Waals surface area contributed by atoms with Crippen LogP contribution in [0.25, 0.3) is 0 Å². The molecule has 0 spiro atoms. The molecule has 4 fully saturated rings. The highest BCUT2D eigenvalue weighted by Crippen LogP contribution is 2.66. The van der Waals surface area contributed by atoms with Crippen molar-refractivity contribution in [2.75, 3.05) is 0 Å². The average Bonchev–Trinajstić information content (AvgIpc) is 2.95. The first-order valence-corrected chi connectivity index (χ1v) is 15.0. The molecule has 0 heterocycles. The molecule has 7 atom stereocenters. The highest BCUT2D eigenvalue weighted by molar-refractivity contribution is 6.74. The standard InChI is InChI=1S/C25H46OSi/c1-23(2,3)27(6,7)26-19-12-16-25(5)18(17-19)10-11-20-21-9-8-14-24(21,4)15-13-22(20)25/h18-22H,8-17H2,1-7H3/t18-,19+,20-,21-,22-,24-,25-/m0/s1. The van der Waals surface area contributed by atoms with Crippen LogP contribution in [-0.4, -0.2) is 14.4 Å². The Bertz CT molecular complexity index is 563. The minimum atomic E-state index is -1.64. The molecular formula is C25H46OSi. The second-order valence-electron chi connectivity index (χ2n) is 13.0. The lowest BCUT2D eigenvalue weighted by atomic mass is 9.45. The Balaban J connectivity index is 1.47. The van der Waals surface area contributed by atoms with Gasteiger partial charge in [0.1, 0.15) is 0 Å². The first-order chi connectivity index (χ1) is 12.5. The van der Waals surface area contributed by atoms with E-state index in [2.05, 4.69) is 47.7 Å². The normalized spacial score (nSPS) is 47.9. The van der Waals surface area contributed by atoms with Gasteiger partial charge in [-0.1, -0.05) is 41.0 Å². The molecule has 0 aliphatic heterocycles. The molecule has 0 radical (unpaired) electrons. The van der Waals surface area contributed by atoms with Crippen LogP contribution >= 0.6 is 0 Å². The fourth-order valence-corrected chi connectivity index (χ4v) is 9.31. The largest absolute Gasteiger partial charge is 0.414 e. The van der Waals surface area contributed by atoms with Gasteiger partial charge in [0, 0.05) is 6.10 Å². The van der Waals surface area contributed by atoms with E-state index in [1.54, 1.807) is 0 Å². The van der Waals surface area contributed by atoms with Crippen LogP contribution in [0.15, 0.2) is 0 Å². The smallest absolute Gasteiger partial charge is 0.192 e. The summed E-state index contributed by atoms with van der Waals surface area (Å²) in [5.41, 5.74) is 1.31. The SMILES string of the molecule is CC(C)(C)[Si](C)(C)O[C@@H]1CC[C@@]2(C)[C@@H](CC[C@H]3[C@@H]4CCC[C@@]4(C)CC[C@@H]32)C1. The van der Waals surface area contributed by atoms with E-state index in [9.17, 15) is 0 Å². The molecule has 0 N–H and O–H groups in total. The molecule has 1 nitrogen and oxygen atoms in total. The third-order valence-corrected chi connectivity index (χ3v) is 15.2. The Kier molecular flexibility index (Phi) is 4.99. The van der Waals surface area contributed by atoms with Gasteiger partial charge in [0.05, 0.1) is 0 Å². The summed E-state index contributed by atoms with van der Waals surface area (Å²) in [5.74, 6) is 4.04. The van der Waals surface area contributed by atoms with Crippen LogP contribution in [0.2, 0.25) is 18.1 Å². The van der Waals surface area contributed by atoms with Crippen molar-refractivity contribution in [1.82, 2.24) is 0 Å². The maximum Gasteiger partial charge on any atom is 0.192 e. The van der Waals surface area contributed by atoms with Crippen LogP contribution in [0.3, 0.4) is 0 Å². The first-order valence-electron chi connectivity index (χ1n) is 12.1. The van der Waals surface area contributed by atoms with Gasteiger partial charge in [-0.2, -0.15) is 0 Å². The van der Waals surface area contributed by atoms with E-state index in [0.717, 1.165) is 23.7 Å². The summed E-state index contributed by atoms with van der Waals surface area (Å²) in [6, 6.07) is 0. The van der Waals surface area contributed by atoms with Crippen LogP contribution < -0.4 is 0 Å². The molecule has 0 aromatic heterocycles. The maximum absolute atomic E-state index is 6.90. The Hall–Kier alpha value is 0.177. The van der Waals surface area contributed by atoms with Gasteiger partial charge in [-0.3, -0.25) is 0 Å². The monoisotopic (exact) mass is 390 g/mol. The molecule has 0 aromatic rings. The summed E-state index contributed by atoms with van der Waals surface area (Å²) >= 11 is 0. The first kappa shape index (κ1) is 20.4. The molecule has 0 unspecified atom stereocenters. The second-order valence-corrected chi connectivity index (χ2v) is 17.8. The lowest BCUT2D eigenvalue weighted by Crippen LogP contribution is -2.54. The quantitative estimate of drug-likeness (QED) is 0.437. The van der Waals surface area contributed by atoms with E-state index in [4.69, 9.17) is 4.43 Å². The van der Waals surface area contributed by atoms with Crippen molar-refractivity contribution >= 4 is 8.32 Å². The van der Waals surface area contributed by atoms with Crippen molar-refractivity contribution < 1.29 is 4.43 Å². The van der Waals surface area contributed by atoms with Crippen molar-refractivity contribution in [3.8, 4) is 0 Å². The molecule has 156 valence electrons. The minimum Gasteiger partial charge on any atom is -0.414 e. The topological polar surface area (TPSA) is 9.23 Å². The third kappa shape index (κ3) is 3.29. The molecule has 4 aliphatic rings. The van der Waals surface area contributed by atoms with Crippen LogP contribution in [0.5, 0.6) is 0 Å². The van der Waals surface area contributed by atoms with Crippen molar-refractivity contribution in [2.24, 2.45) is 34.5 Å². The van der Waals surface area contributed by atoms with Crippen LogP contribution in [-0.2, 0) is 4.43 Å². The van der Waals surface area contributed by atoms with Crippen molar-refractivity contribution in [3.63, 3.8) is 0 Å². The zero-order valence-corrected chi connectivity index (χ0v) is 20.4. The lowest BCUT2D eigenvalue weighted by molar-refractivity contribution is -0.119. The highest BCUT2D eigenvalue weighted by atomic mass is 28.4. The van der Waals surface area contributed by atoms with Crippen LogP contribution in [0.1, 0.15) is 98.8 Å². The summed E-state index contributed by atoms with van der Waals surface area (Å²) in [5, 5.41) is 0.335. The van der Waals surface area contributed by atoms with E-state index in [1.165, 1.54) is 64.2 Å². The van der Waals surface area contributed by atoms with Crippen LogP contribution in [0.4, 0.5) is 0 Å². The molecule has 4 rings (SSSR count). The Labute approximate surface area is 170 Å². The summed E-state index contributed by atoms with van der Waals surface area (Å²) in [6.07, 6.45) is 15.3. The number of rotatable bonds is 2. The zero-order valence-electron chi connectivity index (χ0n) is 19.4. The van der Waals surface area contributed by atoms with Gasteiger partial charge >= 0.3 is 0 Å². The maximum atomic E-state index is 6.90. The summed E-state index contributed by atoms with van der Waals surface area (Å²) in [6.45, 7) is 17.4. The molecule has 0 bridgehead atoms. The molecule has 4 saturated carbocycles. The van der Waals surface area contributed by atoms with Gasteiger partial charge < -0.3 is 4.43 Å². The second kappa shape index (κ2) is 6.59. The van der Waals surface area contributed by atoms with Crippen molar-refractivity contribution in [1.29, 1.82) is 0 Å². The van der Waals surface area contributed by atoms with E-state index in [-0.39, 0.29) is 0 Å². The molecular weight excluding hydrogens is 344 g/mol. The lowest BCUT2D eigenvalue weighted by Gasteiger charge is -2.61. The van der Waals surface area contributed by atoms with Gasteiger partial charge in [-0.05, 0) is 110 Å². The van der Waals surface area contributed by atoms with E-state index < -0.39 is 8.32 Å². The Morgan fingerprint density at radius 2 is 1.59 bits per heavy atom. The third-order valence-electron chi connectivity index (χ3n) is 10.7. The van der Waals surface area contributed by atoms with E-state index >= 15 is 0 Å². The average molecular weight is 391 g/mol. The Morgan fingerprint density at radius 1 is 0.852 bits per heavy atom. The van der Waals surface area contributed by atoms with Gasteiger partial charge in [-0.25, -0.2) is 0 Å². The van der Waals surface area contributed by atoms with Gasteiger partial charge in [0.2, 0.25) is 0 Å². The predicted octanol–water partition coefficient (Wildman–Crippen LogP) is 7.81. The van der Waals surface area contributed by atoms with E-state index in [0.29, 0.717) is 22.0 Å². The molecule has 2 heteroatoms.